The monoisotopic (exact) mass is 357 g/mol. The number of nitrogens with one attached hydrogen (secondary N) is 2. The average molecular weight is 357 g/mol. The number of nitrogens with zero attached hydrogens (tertiary/aromatic N) is 1. The second kappa shape index (κ2) is 8.58. The standard InChI is InChI=1S/C19H23N3O2S/c1-4-13(2)15-5-7-16(8-6-15)14(3)20-19(25)21-17-9-11-18(12-10-17)22(23)24/h5-14H,4H2,1-3H3,(H2,20,21,25). The molecule has 0 aliphatic heterocycles. The molecule has 2 rings (SSSR count). The molecule has 0 saturated carbocycles. The minimum absolute atomic E-state index is 0.0548. The van der Waals surface area contributed by atoms with E-state index in [2.05, 4.69) is 48.7 Å². The van der Waals surface area contributed by atoms with Gasteiger partial charge in [-0.05, 0) is 54.7 Å². The topological polar surface area (TPSA) is 67.2 Å². The Labute approximate surface area is 153 Å². The van der Waals surface area contributed by atoms with Crippen LogP contribution in [0.1, 0.15) is 50.3 Å². The summed E-state index contributed by atoms with van der Waals surface area (Å²) in [5.41, 5.74) is 3.26. The van der Waals surface area contributed by atoms with E-state index in [1.807, 2.05) is 6.92 Å². The number of nitro benzene ring substituents is 1. The highest BCUT2D eigenvalue weighted by Crippen LogP contribution is 2.21. The van der Waals surface area contributed by atoms with Crippen LogP contribution >= 0.6 is 12.2 Å². The molecule has 0 fully saturated rings. The maximum Gasteiger partial charge on any atom is 0.269 e. The van der Waals surface area contributed by atoms with Crippen molar-refractivity contribution in [1.29, 1.82) is 0 Å². The highest BCUT2D eigenvalue weighted by Gasteiger charge is 2.10. The molecular formula is C19H23N3O2S. The first-order valence-corrected chi connectivity index (χ1v) is 8.73. The average Bonchev–Trinajstić information content (AvgIpc) is 2.61. The third kappa shape index (κ3) is 5.26. The summed E-state index contributed by atoms with van der Waals surface area (Å²) >= 11 is 5.33. The zero-order valence-corrected chi connectivity index (χ0v) is 15.5. The van der Waals surface area contributed by atoms with Gasteiger partial charge >= 0.3 is 0 Å². The Morgan fingerprint density at radius 2 is 1.64 bits per heavy atom. The molecule has 2 atom stereocenters. The lowest BCUT2D eigenvalue weighted by Crippen LogP contribution is -2.30. The highest BCUT2D eigenvalue weighted by molar-refractivity contribution is 7.80. The Balaban J connectivity index is 1.94. The number of thiocarbonyl (C=S) groups is 1. The van der Waals surface area contributed by atoms with Crippen LogP contribution in [-0.4, -0.2) is 10.0 Å². The Morgan fingerprint density at radius 3 is 2.16 bits per heavy atom. The summed E-state index contributed by atoms with van der Waals surface area (Å²) in [7, 11) is 0. The first-order valence-electron chi connectivity index (χ1n) is 8.32. The molecule has 0 spiro atoms. The van der Waals surface area contributed by atoms with Gasteiger partial charge in [0.05, 0.1) is 11.0 Å². The van der Waals surface area contributed by atoms with E-state index in [4.69, 9.17) is 12.2 Å². The molecule has 0 radical (unpaired) electrons. The summed E-state index contributed by atoms with van der Waals surface area (Å²) in [6.07, 6.45) is 1.12. The number of non-ortho nitro benzene ring substituents is 1. The molecule has 2 N–H and O–H groups in total. The molecule has 132 valence electrons. The maximum atomic E-state index is 10.7. The Morgan fingerprint density at radius 1 is 1.08 bits per heavy atom. The van der Waals surface area contributed by atoms with Crippen LogP contribution in [0.25, 0.3) is 0 Å². The number of hydrogen-bond acceptors (Lipinski definition) is 3. The van der Waals surface area contributed by atoms with Crippen LogP contribution in [0, 0.1) is 10.1 Å². The first-order chi connectivity index (χ1) is 11.9. The smallest absolute Gasteiger partial charge is 0.269 e. The fourth-order valence-corrected chi connectivity index (χ4v) is 2.76. The van der Waals surface area contributed by atoms with Gasteiger partial charge in [-0.2, -0.15) is 0 Å². The minimum Gasteiger partial charge on any atom is -0.356 e. The second-order valence-electron chi connectivity index (χ2n) is 6.10. The predicted octanol–water partition coefficient (Wildman–Crippen LogP) is 5.16. The molecule has 0 aliphatic carbocycles. The number of nitro groups is 1. The van der Waals surface area contributed by atoms with Gasteiger partial charge < -0.3 is 10.6 Å². The van der Waals surface area contributed by atoms with Gasteiger partial charge in [0.2, 0.25) is 0 Å². The van der Waals surface area contributed by atoms with Crippen molar-refractivity contribution in [3.05, 3.63) is 69.8 Å². The summed E-state index contributed by atoms with van der Waals surface area (Å²) in [5, 5.41) is 17.4. The van der Waals surface area contributed by atoms with Crippen LogP contribution < -0.4 is 10.6 Å². The predicted molar refractivity (Wildman–Crippen MR) is 106 cm³/mol. The molecule has 2 aromatic rings. The normalized spacial score (nSPS) is 12.9. The lowest BCUT2D eigenvalue weighted by molar-refractivity contribution is -0.384. The summed E-state index contributed by atoms with van der Waals surface area (Å²) in [6, 6.07) is 14.8. The van der Waals surface area contributed by atoms with E-state index in [1.54, 1.807) is 12.1 Å². The van der Waals surface area contributed by atoms with Crippen LogP contribution in [0.5, 0.6) is 0 Å². The van der Waals surface area contributed by atoms with Crippen molar-refractivity contribution in [1.82, 2.24) is 5.32 Å². The SMILES string of the molecule is CCC(C)c1ccc(C(C)NC(=S)Nc2ccc([N+](=O)[O-])cc2)cc1. The van der Waals surface area contributed by atoms with E-state index < -0.39 is 4.92 Å². The summed E-state index contributed by atoms with van der Waals surface area (Å²) in [6.45, 7) is 6.45. The van der Waals surface area contributed by atoms with Gasteiger partial charge in [0.1, 0.15) is 0 Å². The molecule has 0 aromatic heterocycles. The van der Waals surface area contributed by atoms with E-state index in [9.17, 15) is 10.1 Å². The number of hydrogen-bond donors (Lipinski definition) is 2. The Kier molecular flexibility index (Phi) is 6.47. The van der Waals surface area contributed by atoms with Crippen molar-refractivity contribution in [3.63, 3.8) is 0 Å². The molecule has 25 heavy (non-hydrogen) atoms. The van der Waals surface area contributed by atoms with E-state index in [-0.39, 0.29) is 11.7 Å². The van der Waals surface area contributed by atoms with Crippen molar-refractivity contribution in [2.24, 2.45) is 0 Å². The Hall–Kier alpha value is -2.47. The number of benzene rings is 2. The zero-order valence-electron chi connectivity index (χ0n) is 14.7. The van der Waals surface area contributed by atoms with Crippen LogP contribution in [0.3, 0.4) is 0 Å². The maximum absolute atomic E-state index is 10.7. The van der Waals surface area contributed by atoms with E-state index in [1.165, 1.54) is 17.7 Å². The molecular weight excluding hydrogens is 334 g/mol. The fraction of sp³-hybridized carbons (Fsp3) is 0.316. The van der Waals surface area contributed by atoms with Crippen molar-refractivity contribution in [2.45, 2.75) is 39.2 Å². The van der Waals surface area contributed by atoms with E-state index in [0.29, 0.717) is 16.7 Å². The van der Waals surface area contributed by atoms with Gasteiger partial charge in [0.25, 0.3) is 5.69 Å². The van der Waals surface area contributed by atoms with Crippen LogP contribution in [-0.2, 0) is 0 Å². The molecule has 0 amide bonds. The van der Waals surface area contributed by atoms with Gasteiger partial charge in [-0.1, -0.05) is 38.1 Å². The summed E-state index contributed by atoms with van der Waals surface area (Å²) in [5.74, 6) is 0.558. The zero-order chi connectivity index (χ0) is 18.4. The minimum atomic E-state index is -0.425. The van der Waals surface area contributed by atoms with Crippen molar-refractivity contribution in [3.8, 4) is 0 Å². The summed E-state index contributed by atoms with van der Waals surface area (Å²) < 4.78 is 0. The van der Waals surface area contributed by atoms with Crippen LogP contribution in [0.2, 0.25) is 0 Å². The van der Waals surface area contributed by atoms with Crippen LogP contribution in [0.4, 0.5) is 11.4 Å². The third-order valence-electron chi connectivity index (χ3n) is 4.30. The van der Waals surface area contributed by atoms with Crippen molar-refractivity contribution >= 4 is 28.7 Å². The first kappa shape index (κ1) is 18.9. The molecule has 6 heteroatoms. The molecule has 0 saturated heterocycles. The van der Waals surface area contributed by atoms with Crippen molar-refractivity contribution in [2.75, 3.05) is 5.32 Å². The molecule has 0 aliphatic rings. The van der Waals surface area contributed by atoms with Gasteiger partial charge in [-0.3, -0.25) is 10.1 Å². The third-order valence-corrected chi connectivity index (χ3v) is 4.52. The van der Waals surface area contributed by atoms with E-state index in [0.717, 1.165) is 12.0 Å². The number of anilines is 1. The highest BCUT2D eigenvalue weighted by atomic mass is 32.1. The number of rotatable bonds is 6. The van der Waals surface area contributed by atoms with E-state index >= 15 is 0 Å². The lowest BCUT2D eigenvalue weighted by atomic mass is 9.96. The fourth-order valence-electron chi connectivity index (χ4n) is 2.46. The molecule has 2 aromatic carbocycles. The lowest BCUT2D eigenvalue weighted by Gasteiger charge is -2.18. The van der Waals surface area contributed by atoms with Gasteiger partial charge in [0.15, 0.2) is 5.11 Å². The second-order valence-corrected chi connectivity index (χ2v) is 6.51. The van der Waals surface area contributed by atoms with Crippen LogP contribution in [0.15, 0.2) is 48.5 Å². The largest absolute Gasteiger partial charge is 0.356 e. The summed E-state index contributed by atoms with van der Waals surface area (Å²) in [4.78, 5) is 10.2. The Bertz CT molecular complexity index is 729. The van der Waals surface area contributed by atoms with Gasteiger partial charge in [-0.25, -0.2) is 0 Å². The van der Waals surface area contributed by atoms with Gasteiger partial charge in [-0.15, -0.1) is 0 Å². The molecule has 2 unspecified atom stereocenters. The molecule has 5 nitrogen and oxygen atoms in total. The molecule has 0 bridgehead atoms. The quantitative estimate of drug-likeness (QED) is 0.425. The van der Waals surface area contributed by atoms with Crippen molar-refractivity contribution < 1.29 is 4.92 Å². The molecule has 0 heterocycles. The van der Waals surface area contributed by atoms with Gasteiger partial charge in [0, 0.05) is 17.8 Å².